The van der Waals surface area contributed by atoms with Gasteiger partial charge in [0.15, 0.2) is 0 Å². The summed E-state index contributed by atoms with van der Waals surface area (Å²) in [6, 6.07) is 4.12. The smallest absolute Gasteiger partial charge is 0.227 e. The zero-order valence-corrected chi connectivity index (χ0v) is 14.8. The lowest BCUT2D eigenvalue weighted by Gasteiger charge is -2.38. The van der Waals surface area contributed by atoms with E-state index in [-0.39, 0.29) is 12.0 Å². The predicted octanol–water partition coefficient (Wildman–Crippen LogP) is 1.87. The molecule has 0 spiro atoms. The third kappa shape index (κ3) is 2.76. The minimum Gasteiger partial charge on any atom is -0.353 e. The van der Waals surface area contributed by atoms with Gasteiger partial charge in [0.2, 0.25) is 5.91 Å². The minimum atomic E-state index is 0.0751. The van der Waals surface area contributed by atoms with Gasteiger partial charge in [-0.3, -0.25) is 4.79 Å². The first kappa shape index (κ1) is 15.4. The number of fused-ring (bicyclic) bond motifs is 2. The van der Waals surface area contributed by atoms with E-state index < -0.39 is 0 Å². The van der Waals surface area contributed by atoms with Crippen molar-refractivity contribution in [3.63, 3.8) is 0 Å². The van der Waals surface area contributed by atoms with Gasteiger partial charge in [0.1, 0.15) is 5.82 Å². The van der Waals surface area contributed by atoms with Crippen LogP contribution in [0, 0.1) is 17.8 Å². The molecule has 1 aliphatic heterocycles. The fourth-order valence-electron chi connectivity index (χ4n) is 4.62. The summed E-state index contributed by atoms with van der Waals surface area (Å²) in [5.74, 6) is 2.48. The number of hydrogen-bond donors (Lipinski definition) is 1. The van der Waals surface area contributed by atoms with Crippen molar-refractivity contribution in [2.45, 2.75) is 25.3 Å². The summed E-state index contributed by atoms with van der Waals surface area (Å²) in [6.45, 7) is 3.24. The van der Waals surface area contributed by atoms with E-state index in [2.05, 4.69) is 25.8 Å². The number of rotatable bonds is 2. The zero-order valence-electron chi connectivity index (χ0n) is 13.2. The Morgan fingerprint density at radius 2 is 1.91 bits per heavy atom. The van der Waals surface area contributed by atoms with E-state index in [1.807, 2.05) is 23.2 Å². The normalized spacial score (nSPS) is 33.3. The number of nitrogens with zero attached hydrogens (tertiary/aromatic N) is 3. The van der Waals surface area contributed by atoms with Crippen molar-refractivity contribution >= 4 is 27.7 Å². The summed E-state index contributed by atoms with van der Waals surface area (Å²) in [4.78, 5) is 21.6. The van der Waals surface area contributed by atoms with Gasteiger partial charge in [-0.1, -0.05) is 0 Å². The molecule has 23 heavy (non-hydrogen) atoms. The summed E-state index contributed by atoms with van der Waals surface area (Å²) >= 11 is 3.41. The molecule has 6 heteroatoms. The number of piperazine rings is 1. The van der Waals surface area contributed by atoms with Crippen molar-refractivity contribution in [1.29, 1.82) is 0 Å². The molecule has 0 radical (unpaired) electrons. The molecule has 1 amide bonds. The van der Waals surface area contributed by atoms with Gasteiger partial charge in [-0.15, -0.1) is 0 Å². The summed E-state index contributed by atoms with van der Waals surface area (Å²) < 4.78 is 0.986. The number of carbonyl (C=O) groups is 1. The standard InChI is InChI=1S/C17H23BrN4O/c18-13-3-4-14(20-10-13)21-5-7-22(8-6-21)17(23)15-11-1-2-12(9-11)16(15)19/h3-4,10-12,15-16H,1-2,5-9,19H2. The Morgan fingerprint density at radius 3 is 2.52 bits per heavy atom. The Kier molecular flexibility index (Phi) is 4.05. The largest absolute Gasteiger partial charge is 0.353 e. The number of anilines is 1. The Hall–Kier alpha value is -1.14. The number of nitrogens with two attached hydrogens (primary N) is 1. The van der Waals surface area contributed by atoms with Crippen LogP contribution < -0.4 is 10.6 Å². The zero-order chi connectivity index (χ0) is 16.0. The first-order chi connectivity index (χ1) is 11.1. The van der Waals surface area contributed by atoms with Crippen LogP contribution in [0.2, 0.25) is 0 Å². The van der Waals surface area contributed by atoms with E-state index in [1.165, 1.54) is 19.3 Å². The molecule has 1 aromatic heterocycles. The summed E-state index contributed by atoms with van der Waals surface area (Å²) in [6.07, 6.45) is 5.40. The predicted molar refractivity (Wildman–Crippen MR) is 93.0 cm³/mol. The summed E-state index contributed by atoms with van der Waals surface area (Å²) in [7, 11) is 0. The van der Waals surface area contributed by atoms with E-state index in [0.717, 1.165) is 36.5 Å². The Bertz CT molecular complexity index is 583. The van der Waals surface area contributed by atoms with E-state index in [4.69, 9.17) is 5.73 Å². The highest BCUT2D eigenvalue weighted by molar-refractivity contribution is 9.10. The number of aromatic nitrogens is 1. The van der Waals surface area contributed by atoms with Crippen LogP contribution >= 0.6 is 15.9 Å². The van der Waals surface area contributed by atoms with E-state index >= 15 is 0 Å². The third-order valence-electron chi connectivity index (χ3n) is 5.89. The van der Waals surface area contributed by atoms with Gasteiger partial charge in [-0.05, 0) is 59.2 Å². The average Bonchev–Trinajstić information content (AvgIpc) is 3.16. The molecular weight excluding hydrogens is 356 g/mol. The fourth-order valence-corrected chi connectivity index (χ4v) is 4.86. The van der Waals surface area contributed by atoms with Crippen LogP contribution in [0.15, 0.2) is 22.8 Å². The highest BCUT2D eigenvalue weighted by Crippen LogP contribution is 2.48. The number of pyridine rings is 1. The lowest BCUT2D eigenvalue weighted by molar-refractivity contribution is -0.138. The first-order valence-corrected chi connectivity index (χ1v) is 9.33. The monoisotopic (exact) mass is 378 g/mol. The van der Waals surface area contributed by atoms with Crippen molar-refractivity contribution in [3.05, 3.63) is 22.8 Å². The van der Waals surface area contributed by atoms with E-state index in [9.17, 15) is 4.79 Å². The van der Waals surface area contributed by atoms with E-state index in [0.29, 0.717) is 17.7 Å². The fraction of sp³-hybridized carbons (Fsp3) is 0.647. The van der Waals surface area contributed by atoms with Crippen molar-refractivity contribution < 1.29 is 4.79 Å². The van der Waals surface area contributed by atoms with Crippen LogP contribution in [0.1, 0.15) is 19.3 Å². The van der Waals surface area contributed by atoms with Crippen LogP contribution in [-0.2, 0) is 4.79 Å². The van der Waals surface area contributed by atoms with Crippen LogP contribution in [0.4, 0.5) is 5.82 Å². The molecular formula is C17H23BrN4O. The van der Waals surface area contributed by atoms with Crippen LogP contribution in [0.3, 0.4) is 0 Å². The van der Waals surface area contributed by atoms with Crippen LogP contribution in [0.5, 0.6) is 0 Å². The van der Waals surface area contributed by atoms with Gasteiger partial charge in [0.05, 0.1) is 5.92 Å². The Morgan fingerprint density at radius 1 is 1.17 bits per heavy atom. The first-order valence-electron chi connectivity index (χ1n) is 8.54. The number of amides is 1. The van der Waals surface area contributed by atoms with Gasteiger partial charge in [-0.25, -0.2) is 4.98 Å². The maximum absolute atomic E-state index is 12.9. The highest BCUT2D eigenvalue weighted by Gasteiger charge is 2.50. The Balaban J connectivity index is 1.38. The van der Waals surface area contributed by atoms with Gasteiger partial charge >= 0.3 is 0 Å². The van der Waals surface area contributed by atoms with Crippen molar-refractivity contribution in [3.8, 4) is 0 Å². The van der Waals surface area contributed by atoms with Gasteiger partial charge in [-0.2, -0.15) is 0 Å². The quantitative estimate of drug-likeness (QED) is 0.852. The molecule has 2 bridgehead atoms. The summed E-state index contributed by atoms with van der Waals surface area (Å²) in [5, 5.41) is 0. The highest BCUT2D eigenvalue weighted by atomic mass is 79.9. The summed E-state index contributed by atoms with van der Waals surface area (Å²) in [5.41, 5.74) is 6.33. The lowest BCUT2D eigenvalue weighted by Crippen LogP contribution is -2.54. The molecule has 5 nitrogen and oxygen atoms in total. The van der Waals surface area contributed by atoms with Gasteiger partial charge < -0.3 is 15.5 Å². The molecule has 4 rings (SSSR count). The van der Waals surface area contributed by atoms with Crippen LogP contribution in [-0.4, -0.2) is 48.0 Å². The van der Waals surface area contributed by atoms with Crippen molar-refractivity contribution in [2.75, 3.05) is 31.1 Å². The second-order valence-electron chi connectivity index (χ2n) is 7.08. The number of halogens is 1. The second kappa shape index (κ2) is 6.06. The minimum absolute atomic E-state index is 0.0751. The third-order valence-corrected chi connectivity index (χ3v) is 6.36. The molecule has 2 aliphatic carbocycles. The average molecular weight is 379 g/mol. The molecule has 124 valence electrons. The van der Waals surface area contributed by atoms with Crippen molar-refractivity contribution in [1.82, 2.24) is 9.88 Å². The molecule has 3 aliphatic rings. The van der Waals surface area contributed by atoms with E-state index in [1.54, 1.807) is 0 Å². The van der Waals surface area contributed by atoms with Crippen LogP contribution in [0.25, 0.3) is 0 Å². The molecule has 3 fully saturated rings. The lowest BCUT2D eigenvalue weighted by atomic mass is 9.84. The molecule has 4 unspecified atom stereocenters. The maximum atomic E-state index is 12.9. The second-order valence-corrected chi connectivity index (χ2v) is 8.00. The molecule has 0 aromatic carbocycles. The molecule has 1 saturated heterocycles. The molecule has 2 heterocycles. The molecule has 1 aromatic rings. The van der Waals surface area contributed by atoms with Gasteiger partial charge in [0, 0.05) is 42.9 Å². The maximum Gasteiger partial charge on any atom is 0.227 e. The number of carbonyl (C=O) groups excluding carboxylic acids is 1. The SMILES string of the molecule is NC1C2CCC(C2)C1C(=O)N1CCN(c2ccc(Br)cn2)CC1. The molecule has 2 saturated carbocycles. The number of hydrogen-bond acceptors (Lipinski definition) is 4. The molecule has 4 atom stereocenters. The Labute approximate surface area is 145 Å². The molecule has 2 N–H and O–H groups in total. The van der Waals surface area contributed by atoms with Gasteiger partial charge in [0.25, 0.3) is 0 Å². The topological polar surface area (TPSA) is 62.5 Å². The van der Waals surface area contributed by atoms with Crippen molar-refractivity contribution in [2.24, 2.45) is 23.5 Å².